The van der Waals surface area contributed by atoms with Crippen LogP contribution in [-0.4, -0.2) is 31.6 Å². The lowest BCUT2D eigenvalue weighted by atomic mass is 10.2. The molecule has 16 heavy (non-hydrogen) atoms. The number of rotatable bonds is 3. The van der Waals surface area contributed by atoms with E-state index in [4.69, 9.17) is 10.5 Å². The van der Waals surface area contributed by atoms with E-state index in [1.54, 1.807) is 37.3 Å². The Labute approximate surface area is 95.2 Å². The average molecular weight is 223 g/mol. The van der Waals surface area contributed by atoms with Crippen LogP contribution in [0.1, 0.15) is 6.92 Å². The predicted octanol–water partition coefficient (Wildman–Crippen LogP) is 1.76. The number of amides is 2. The Morgan fingerprint density at radius 3 is 2.75 bits per heavy atom. The van der Waals surface area contributed by atoms with Gasteiger partial charge in [-0.15, -0.1) is 0 Å². The summed E-state index contributed by atoms with van der Waals surface area (Å²) in [4.78, 5) is 13.1. The van der Waals surface area contributed by atoms with Crippen molar-refractivity contribution in [2.45, 2.75) is 6.92 Å². The van der Waals surface area contributed by atoms with Crippen LogP contribution in [0.3, 0.4) is 0 Å². The number of nitrogens with one attached hydrogen (secondary N) is 1. The average Bonchev–Trinajstić information content (AvgIpc) is 2.30. The SMILES string of the molecule is CCN(C)C(=O)Nc1ccc(OC)cc1N. The largest absolute Gasteiger partial charge is 0.497 e. The summed E-state index contributed by atoms with van der Waals surface area (Å²) in [5, 5.41) is 2.72. The normalized spacial score (nSPS) is 9.69. The van der Waals surface area contributed by atoms with Crippen molar-refractivity contribution in [1.82, 2.24) is 4.90 Å². The fourth-order valence-electron chi connectivity index (χ4n) is 1.14. The quantitative estimate of drug-likeness (QED) is 0.767. The van der Waals surface area contributed by atoms with E-state index in [1.165, 1.54) is 0 Å². The van der Waals surface area contributed by atoms with Crippen LogP contribution in [0.5, 0.6) is 5.75 Å². The number of urea groups is 1. The van der Waals surface area contributed by atoms with Gasteiger partial charge in [-0.1, -0.05) is 0 Å². The number of nitrogens with zero attached hydrogens (tertiary/aromatic N) is 1. The van der Waals surface area contributed by atoms with Gasteiger partial charge in [-0.25, -0.2) is 4.79 Å². The van der Waals surface area contributed by atoms with Crippen LogP contribution in [0.15, 0.2) is 18.2 Å². The fraction of sp³-hybridized carbons (Fsp3) is 0.364. The topological polar surface area (TPSA) is 67.6 Å². The Bertz CT molecular complexity index is 379. The molecule has 1 aromatic rings. The highest BCUT2D eigenvalue weighted by Gasteiger charge is 2.08. The summed E-state index contributed by atoms with van der Waals surface area (Å²) in [5.74, 6) is 0.666. The fourth-order valence-corrected chi connectivity index (χ4v) is 1.14. The molecule has 0 aromatic heterocycles. The van der Waals surface area contributed by atoms with Crippen molar-refractivity contribution in [3.63, 3.8) is 0 Å². The molecule has 2 amide bonds. The van der Waals surface area contributed by atoms with Gasteiger partial charge >= 0.3 is 6.03 Å². The molecule has 0 saturated carbocycles. The molecule has 0 spiro atoms. The van der Waals surface area contributed by atoms with Gasteiger partial charge in [-0.2, -0.15) is 0 Å². The van der Waals surface area contributed by atoms with Gasteiger partial charge < -0.3 is 20.7 Å². The lowest BCUT2D eigenvalue weighted by molar-refractivity contribution is 0.224. The van der Waals surface area contributed by atoms with Crippen molar-refractivity contribution in [3.05, 3.63) is 18.2 Å². The van der Waals surface area contributed by atoms with Crippen LogP contribution in [-0.2, 0) is 0 Å². The molecule has 88 valence electrons. The molecule has 0 bridgehead atoms. The second-order valence-corrected chi connectivity index (χ2v) is 3.40. The summed E-state index contributed by atoms with van der Waals surface area (Å²) in [6.07, 6.45) is 0. The molecule has 0 radical (unpaired) electrons. The second kappa shape index (κ2) is 5.25. The van der Waals surface area contributed by atoms with Gasteiger partial charge in [0.05, 0.1) is 18.5 Å². The van der Waals surface area contributed by atoms with Crippen molar-refractivity contribution in [2.75, 3.05) is 31.8 Å². The molecule has 5 heteroatoms. The summed E-state index contributed by atoms with van der Waals surface area (Å²) < 4.78 is 5.02. The van der Waals surface area contributed by atoms with Crippen LogP contribution in [0.4, 0.5) is 16.2 Å². The number of hydrogen-bond donors (Lipinski definition) is 2. The highest BCUT2D eigenvalue weighted by Crippen LogP contribution is 2.24. The standard InChI is InChI=1S/C11H17N3O2/c1-4-14(2)11(15)13-10-6-5-8(16-3)7-9(10)12/h5-7H,4,12H2,1-3H3,(H,13,15). The Hall–Kier alpha value is -1.91. The van der Waals surface area contributed by atoms with Gasteiger partial charge in [0.2, 0.25) is 0 Å². The summed E-state index contributed by atoms with van der Waals surface area (Å²) in [7, 11) is 3.28. The molecule has 0 fully saturated rings. The first-order chi connectivity index (χ1) is 7.58. The monoisotopic (exact) mass is 223 g/mol. The zero-order valence-electron chi connectivity index (χ0n) is 9.78. The number of anilines is 2. The van der Waals surface area contributed by atoms with Gasteiger partial charge in [-0.3, -0.25) is 0 Å². The number of nitrogen functional groups attached to an aromatic ring is 1. The van der Waals surface area contributed by atoms with Crippen molar-refractivity contribution in [2.24, 2.45) is 0 Å². The van der Waals surface area contributed by atoms with Crippen molar-refractivity contribution in [3.8, 4) is 5.75 Å². The molecule has 0 unspecified atom stereocenters. The third-order valence-corrected chi connectivity index (χ3v) is 2.32. The summed E-state index contributed by atoms with van der Waals surface area (Å²) in [5.41, 5.74) is 6.85. The van der Waals surface area contributed by atoms with Crippen LogP contribution < -0.4 is 15.8 Å². The molecule has 0 aliphatic rings. The van der Waals surface area contributed by atoms with Gasteiger partial charge in [0.1, 0.15) is 5.75 Å². The molecule has 0 aliphatic carbocycles. The van der Waals surface area contributed by atoms with E-state index in [0.29, 0.717) is 23.7 Å². The van der Waals surface area contributed by atoms with Crippen molar-refractivity contribution in [1.29, 1.82) is 0 Å². The molecule has 1 rings (SSSR count). The summed E-state index contributed by atoms with van der Waals surface area (Å²) >= 11 is 0. The van der Waals surface area contributed by atoms with Crippen molar-refractivity contribution < 1.29 is 9.53 Å². The van der Waals surface area contributed by atoms with Gasteiger partial charge in [0.25, 0.3) is 0 Å². The number of benzene rings is 1. The Balaban J connectivity index is 2.78. The first-order valence-corrected chi connectivity index (χ1v) is 5.04. The molecule has 0 atom stereocenters. The minimum Gasteiger partial charge on any atom is -0.497 e. The number of nitrogens with two attached hydrogens (primary N) is 1. The smallest absolute Gasteiger partial charge is 0.321 e. The van der Waals surface area contributed by atoms with Gasteiger partial charge in [0, 0.05) is 19.7 Å². The first-order valence-electron chi connectivity index (χ1n) is 5.04. The molecule has 0 saturated heterocycles. The molecule has 0 aliphatic heterocycles. The van der Waals surface area contributed by atoms with Gasteiger partial charge in [-0.05, 0) is 19.1 Å². The molecular weight excluding hydrogens is 206 g/mol. The highest BCUT2D eigenvalue weighted by atomic mass is 16.5. The minimum absolute atomic E-state index is 0.181. The maximum absolute atomic E-state index is 11.6. The molecule has 0 heterocycles. The number of ether oxygens (including phenoxy) is 1. The van der Waals surface area contributed by atoms with Crippen LogP contribution >= 0.6 is 0 Å². The van der Waals surface area contributed by atoms with E-state index in [9.17, 15) is 4.79 Å². The van der Waals surface area contributed by atoms with E-state index < -0.39 is 0 Å². The zero-order valence-corrected chi connectivity index (χ0v) is 9.78. The van der Waals surface area contributed by atoms with E-state index >= 15 is 0 Å². The number of carbonyl (C=O) groups excluding carboxylic acids is 1. The third-order valence-electron chi connectivity index (χ3n) is 2.32. The van der Waals surface area contributed by atoms with Crippen molar-refractivity contribution >= 4 is 17.4 Å². The molecule has 3 N–H and O–H groups in total. The van der Waals surface area contributed by atoms with E-state index in [-0.39, 0.29) is 6.03 Å². The molecular formula is C11H17N3O2. The van der Waals surface area contributed by atoms with Gasteiger partial charge in [0.15, 0.2) is 0 Å². The number of methoxy groups -OCH3 is 1. The lowest BCUT2D eigenvalue weighted by Gasteiger charge is -2.16. The maximum atomic E-state index is 11.6. The first kappa shape index (κ1) is 12.2. The van der Waals surface area contributed by atoms with Crippen LogP contribution in [0, 0.1) is 0 Å². The Kier molecular flexibility index (Phi) is 3.99. The Morgan fingerprint density at radius 1 is 1.56 bits per heavy atom. The molecule has 1 aromatic carbocycles. The van der Waals surface area contributed by atoms with E-state index in [2.05, 4.69) is 5.32 Å². The number of hydrogen-bond acceptors (Lipinski definition) is 3. The summed E-state index contributed by atoms with van der Waals surface area (Å²) in [6, 6.07) is 4.95. The highest BCUT2D eigenvalue weighted by molar-refractivity contribution is 5.92. The summed E-state index contributed by atoms with van der Waals surface area (Å²) in [6.45, 7) is 2.54. The van der Waals surface area contributed by atoms with E-state index in [1.807, 2.05) is 6.92 Å². The Morgan fingerprint density at radius 2 is 2.25 bits per heavy atom. The van der Waals surface area contributed by atoms with Crippen LogP contribution in [0.25, 0.3) is 0 Å². The van der Waals surface area contributed by atoms with Crippen LogP contribution in [0.2, 0.25) is 0 Å². The third kappa shape index (κ3) is 2.79. The second-order valence-electron chi connectivity index (χ2n) is 3.40. The zero-order chi connectivity index (χ0) is 12.1. The lowest BCUT2D eigenvalue weighted by Crippen LogP contribution is -2.31. The van der Waals surface area contributed by atoms with E-state index in [0.717, 1.165) is 0 Å². The minimum atomic E-state index is -0.181. The predicted molar refractivity (Wildman–Crippen MR) is 64.7 cm³/mol. The molecule has 5 nitrogen and oxygen atoms in total. The number of carbonyl (C=O) groups is 1. The maximum Gasteiger partial charge on any atom is 0.321 e.